The summed E-state index contributed by atoms with van der Waals surface area (Å²) in [5, 5.41) is 0. The van der Waals surface area contributed by atoms with Crippen LogP contribution < -0.4 is 9.47 Å². The summed E-state index contributed by atoms with van der Waals surface area (Å²) in [5.41, 5.74) is 3.81. The molecule has 0 spiro atoms. The van der Waals surface area contributed by atoms with Crippen LogP contribution in [-0.2, 0) is 14.9 Å². The van der Waals surface area contributed by atoms with Crippen molar-refractivity contribution in [1.82, 2.24) is 0 Å². The zero-order valence-electron chi connectivity index (χ0n) is 28.1. The molecule has 0 amide bonds. The van der Waals surface area contributed by atoms with E-state index in [-0.39, 0.29) is 34.5 Å². The highest BCUT2D eigenvalue weighted by molar-refractivity contribution is 5.75. The zero-order valence-corrected chi connectivity index (χ0v) is 28.1. The van der Waals surface area contributed by atoms with Gasteiger partial charge in [0.05, 0.1) is 19.6 Å². The largest absolute Gasteiger partial charge is 0.496 e. The van der Waals surface area contributed by atoms with Gasteiger partial charge in [-0.05, 0) is 103 Å². The van der Waals surface area contributed by atoms with Gasteiger partial charge < -0.3 is 14.2 Å². The van der Waals surface area contributed by atoms with Crippen molar-refractivity contribution in [1.29, 1.82) is 0 Å². The van der Waals surface area contributed by atoms with Crippen LogP contribution in [0.3, 0.4) is 0 Å². The van der Waals surface area contributed by atoms with E-state index >= 15 is 0 Å². The molecule has 0 saturated heterocycles. The molecule has 4 nitrogen and oxygen atoms in total. The van der Waals surface area contributed by atoms with Gasteiger partial charge in [0, 0.05) is 11.5 Å². The molecule has 43 heavy (non-hydrogen) atoms. The lowest BCUT2D eigenvalue weighted by Gasteiger charge is -2.59. The predicted octanol–water partition coefficient (Wildman–Crippen LogP) is 9.76. The number of carbonyl (C=O) groups excluding carboxylic acids is 1. The van der Waals surface area contributed by atoms with Crippen LogP contribution in [0.25, 0.3) is 0 Å². The van der Waals surface area contributed by atoms with Crippen LogP contribution in [0.4, 0.5) is 4.39 Å². The number of benzene rings is 2. The monoisotopic (exact) mass is 592 g/mol. The maximum Gasteiger partial charge on any atom is 0.311 e. The van der Waals surface area contributed by atoms with Crippen molar-refractivity contribution in [2.24, 2.45) is 22.7 Å². The zero-order chi connectivity index (χ0) is 31.7. The molecule has 0 N–H and O–H groups in total. The first-order chi connectivity index (χ1) is 20.2. The first-order valence-corrected chi connectivity index (χ1v) is 16.1. The van der Waals surface area contributed by atoms with Crippen molar-refractivity contribution < 1.29 is 23.4 Å². The van der Waals surface area contributed by atoms with E-state index in [1.165, 1.54) is 12.0 Å². The average molecular weight is 593 g/mol. The number of esters is 1. The smallest absolute Gasteiger partial charge is 0.311 e. The molecule has 5 heteroatoms. The van der Waals surface area contributed by atoms with Gasteiger partial charge in [0.15, 0.2) is 0 Å². The number of carbonyl (C=O) groups is 1. The van der Waals surface area contributed by atoms with Crippen molar-refractivity contribution in [3.05, 3.63) is 70.6 Å². The summed E-state index contributed by atoms with van der Waals surface area (Å²) in [4.78, 5) is 12.6. The summed E-state index contributed by atoms with van der Waals surface area (Å²) in [7, 11) is 3.47. The molecule has 2 aromatic rings. The van der Waals surface area contributed by atoms with Gasteiger partial charge in [-0.2, -0.15) is 0 Å². The number of allylic oxidation sites excluding steroid dienone is 1. The highest BCUT2D eigenvalue weighted by Crippen LogP contribution is 2.65. The van der Waals surface area contributed by atoms with Crippen LogP contribution in [0.5, 0.6) is 11.5 Å². The molecule has 0 heterocycles. The van der Waals surface area contributed by atoms with E-state index < -0.39 is 5.41 Å². The first kappa shape index (κ1) is 33.1. The van der Waals surface area contributed by atoms with Crippen molar-refractivity contribution in [2.45, 2.75) is 105 Å². The van der Waals surface area contributed by atoms with E-state index in [9.17, 15) is 9.18 Å². The molecule has 0 unspecified atom stereocenters. The summed E-state index contributed by atoms with van der Waals surface area (Å²) >= 11 is 0. The van der Waals surface area contributed by atoms with E-state index in [0.717, 1.165) is 53.9 Å². The van der Waals surface area contributed by atoms with Crippen molar-refractivity contribution in [3.8, 4) is 11.5 Å². The molecule has 3 aliphatic rings. The third-order valence-electron chi connectivity index (χ3n) is 10.5. The van der Waals surface area contributed by atoms with Gasteiger partial charge in [0.1, 0.15) is 23.9 Å². The quantitative estimate of drug-likeness (QED) is 0.140. The van der Waals surface area contributed by atoms with Gasteiger partial charge in [0.25, 0.3) is 0 Å². The van der Waals surface area contributed by atoms with Crippen molar-refractivity contribution >= 4 is 5.97 Å². The summed E-state index contributed by atoms with van der Waals surface area (Å²) in [5.74, 6) is 2.37. The van der Waals surface area contributed by atoms with Gasteiger partial charge in [-0.1, -0.05) is 72.1 Å². The summed E-state index contributed by atoms with van der Waals surface area (Å²) in [6.45, 7) is 17.4. The second kappa shape index (κ2) is 12.7. The summed E-state index contributed by atoms with van der Waals surface area (Å²) in [6.07, 6.45) is 7.81. The number of rotatable bonds is 12. The van der Waals surface area contributed by atoms with Crippen molar-refractivity contribution in [2.75, 3.05) is 20.8 Å². The summed E-state index contributed by atoms with van der Waals surface area (Å²) in [6, 6.07) is 11.4. The number of methoxy groups -OCH3 is 2. The van der Waals surface area contributed by atoms with Gasteiger partial charge >= 0.3 is 5.97 Å². The highest BCUT2D eigenvalue weighted by Gasteiger charge is 2.56. The van der Waals surface area contributed by atoms with E-state index in [2.05, 4.69) is 52.8 Å². The Morgan fingerprint density at radius 3 is 2.12 bits per heavy atom. The Morgan fingerprint density at radius 2 is 1.60 bits per heavy atom. The lowest BCUT2D eigenvalue weighted by molar-refractivity contribution is -0.152. The molecule has 0 aromatic heterocycles. The van der Waals surface area contributed by atoms with Crippen LogP contribution in [0.15, 0.2) is 48.0 Å². The lowest BCUT2D eigenvalue weighted by Crippen LogP contribution is -2.52. The number of unbranched alkanes of at least 4 members (excludes halogenated alkanes) is 2. The Kier molecular flexibility index (Phi) is 9.74. The molecule has 0 radical (unpaired) electrons. The lowest BCUT2D eigenvalue weighted by atomic mass is 9.45. The topological polar surface area (TPSA) is 44.8 Å². The molecule has 4 atom stereocenters. The van der Waals surface area contributed by atoms with Crippen molar-refractivity contribution in [3.63, 3.8) is 0 Å². The highest BCUT2D eigenvalue weighted by atomic mass is 19.1. The minimum absolute atomic E-state index is 0.0732. The minimum atomic E-state index is -0.538. The number of hydrogen-bond donors (Lipinski definition) is 0. The van der Waals surface area contributed by atoms with E-state index in [1.54, 1.807) is 26.4 Å². The fraction of sp³-hybridized carbons (Fsp3) is 0.605. The molecule has 2 bridgehead atoms. The van der Waals surface area contributed by atoms with E-state index in [4.69, 9.17) is 14.2 Å². The Labute approximate surface area is 259 Å². The fourth-order valence-corrected chi connectivity index (χ4v) is 7.54. The molecule has 2 aromatic carbocycles. The number of hydrogen-bond acceptors (Lipinski definition) is 4. The summed E-state index contributed by atoms with van der Waals surface area (Å²) < 4.78 is 32.0. The molecule has 1 fully saturated rings. The maximum atomic E-state index is 13.9. The van der Waals surface area contributed by atoms with E-state index in [1.807, 2.05) is 32.9 Å². The van der Waals surface area contributed by atoms with Crippen LogP contribution in [0.1, 0.15) is 116 Å². The Hall–Kier alpha value is -2.82. The Bertz CT molecular complexity index is 1290. The minimum Gasteiger partial charge on any atom is -0.496 e. The van der Waals surface area contributed by atoms with Crippen LogP contribution in [0.2, 0.25) is 0 Å². The average Bonchev–Trinajstić information content (AvgIpc) is 2.96. The molecule has 3 aliphatic carbocycles. The third-order valence-corrected chi connectivity index (χ3v) is 10.5. The molecule has 236 valence electrons. The third kappa shape index (κ3) is 6.51. The fourth-order valence-electron chi connectivity index (χ4n) is 7.54. The number of ether oxygens (including phenoxy) is 3. The first-order valence-electron chi connectivity index (χ1n) is 16.1. The molecular formula is C38H53FO4. The van der Waals surface area contributed by atoms with Gasteiger partial charge in [0.2, 0.25) is 0 Å². The number of fused-ring (bicyclic) bond motifs is 1. The van der Waals surface area contributed by atoms with E-state index in [0.29, 0.717) is 18.4 Å². The molecule has 0 aliphatic heterocycles. The second-order valence-corrected chi connectivity index (χ2v) is 14.9. The van der Waals surface area contributed by atoms with Crippen LogP contribution in [-0.4, -0.2) is 26.8 Å². The van der Waals surface area contributed by atoms with Crippen LogP contribution >= 0.6 is 0 Å². The number of halogens is 1. The standard InChI is InChI=1S/C38H53FO4/c1-11-12-13-14-29(24-15-17-27(39)18-16-24)37(5,6)26-20-32(41-9)34(33(21-26)42-10)28-19-25(23-43-35(40)36(2,3)4)30-22-31(28)38(30,7)8/h15-21,28-31H,11-14,22-23H2,1-10H3/t28-,29-,30+,31-/m0/s1. The Morgan fingerprint density at radius 1 is 1.00 bits per heavy atom. The van der Waals surface area contributed by atoms with Gasteiger partial charge in [-0.15, -0.1) is 0 Å². The molecule has 1 saturated carbocycles. The molecule has 5 rings (SSSR count). The Balaban J connectivity index is 1.75. The maximum absolute atomic E-state index is 13.9. The SMILES string of the molecule is CCCCC[C@@H](c1ccc(F)cc1)C(C)(C)c1cc(OC)c([C@H]2C=C(COC(=O)C(C)(C)C)[C@H]3C[C@@H]2C3(C)C)c(OC)c1. The van der Waals surface area contributed by atoms with Gasteiger partial charge in [-0.25, -0.2) is 4.39 Å². The normalized spacial score (nSPS) is 21.8. The van der Waals surface area contributed by atoms with Gasteiger partial charge in [-0.3, -0.25) is 4.79 Å². The predicted molar refractivity (Wildman–Crippen MR) is 172 cm³/mol. The molecular weight excluding hydrogens is 539 g/mol. The second-order valence-electron chi connectivity index (χ2n) is 14.9. The van der Waals surface area contributed by atoms with Crippen LogP contribution in [0, 0.1) is 28.5 Å².